The topological polar surface area (TPSA) is 18.5 Å². The maximum absolute atomic E-state index is 12.5. The van der Waals surface area contributed by atoms with E-state index in [0.717, 1.165) is 0 Å². The van der Waals surface area contributed by atoms with Crippen molar-refractivity contribution < 1.29 is 18.3 Å². The molecule has 1 rings (SSSR count). The number of rotatable bonds is 3. The zero-order valence-corrected chi connectivity index (χ0v) is 9.27. The summed E-state index contributed by atoms with van der Waals surface area (Å²) in [5.74, 6) is 0.508. The van der Waals surface area contributed by atoms with Crippen molar-refractivity contribution in [1.29, 1.82) is 0 Å². The van der Waals surface area contributed by atoms with Crippen molar-refractivity contribution in [3.63, 3.8) is 0 Å². The highest BCUT2D eigenvalue weighted by molar-refractivity contribution is 9.10. The Kier molecular flexibility index (Phi) is 3.69. The molecule has 1 aromatic carbocycles. The predicted molar refractivity (Wildman–Crippen MR) is 52.2 cm³/mol. The quantitative estimate of drug-likeness (QED) is 0.835. The van der Waals surface area contributed by atoms with Crippen molar-refractivity contribution in [2.75, 3.05) is 14.2 Å². The summed E-state index contributed by atoms with van der Waals surface area (Å²) in [6, 6.07) is 2.72. The van der Waals surface area contributed by atoms with E-state index in [1.165, 1.54) is 26.4 Å². The van der Waals surface area contributed by atoms with Crippen LogP contribution in [0.3, 0.4) is 0 Å². The molecule has 0 fully saturated rings. The normalized spacial score (nSPS) is 10.4. The minimum absolute atomic E-state index is 0.146. The smallest absolute Gasteiger partial charge is 0.267 e. The van der Waals surface area contributed by atoms with Crippen molar-refractivity contribution in [3.05, 3.63) is 22.2 Å². The number of hydrogen-bond acceptors (Lipinski definition) is 2. The molecule has 0 bridgehead atoms. The molecule has 0 spiro atoms. The largest absolute Gasteiger partial charge is 0.496 e. The van der Waals surface area contributed by atoms with Gasteiger partial charge in [-0.2, -0.15) is 0 Å². The van der Waals surface area contributed by atoms with E-state index < -0.39 is 6.43 Å². The third-order valence-corrected chi connectivity index (χ3v) is 2.36. The van der Waals surface area contributed by atoms with Crippen LogP contribution < -0.4 is 9.47 Å². The summed E-state index contributed by atoms with van der Waals surface area (Å²) in [6.07, 6.45) is -2.58. The van der Waals surface area contributed by atoms with Crippen LogP contribution in [0.4, 0.5) is 8.78 Å². The average molecular weight is 267 g/mol. The van der Waals surface area contributed by atoms with Gasteiger partial charge in [-0.3, -0.25) is 0 Å². The highest BCUT2D eigenvalue weighted by Gasteiger charge is 2.16. The van der Waals surface area contributed by atoms with Gasteiger partial charge >= 0.3 is 0 Å². The number of ether oxygens (including phenoxy) is 2. The first-order valence-electron chi connectivity index (χ1n) is 3.79. The first kappa shape index (κ1) is 11.2. The SMILES string of the molecule is COc1cc(C(F)F)c(OC)cc1Br. The van der Waals surface area contributed by atoms with Gasteiger partial charge < -0.3 is 9.47 Å². The van der Waals surface area contributed by atoms with Crippen LogP contribution in [0.25, 0.3) is 0 Å². The summed E-state index contributed by atoms with van der Waals surface area (Å²) in [5.41, 5.74) is -0.174. The Morgan fingerprint density at radius 3 is 2.14 bits per heavy atom. The molecule has 0 aliphatic carbocycles. The second-order valence-corrected chi connectivity index (χ2v) is 3.38. The minimum atomic E-state index is -2.58. The summed E-state index contributed by atoms with van der Waals surface area (Å²) >= 11 is 3.18. The van der Waals surface area contributed by atoms with E-state index in [1.54, 1.807) is 0 Å². The molecule has 0 N–H and O–H groups in total. The van der Waals surface area contributed by atoms with E-state index >= 15 is 0 Å². The van der Waals surface area contributed by atoms with Gasteiger partial charge in [0.2, 0.25) is 0 Å². The zero-order chi connectivity index (χ0) is 10.7. The van der Waals surface area contributed by atoms with Gasteiger partial charge in [0.1, 0.15) is 11.5 Å². The second-order valence-electron chi connectivity index (χ2n) is 2.53. The van der Waals surface area contributed by atoms with Crippen LogP contribution in [0.2, 0.25) is 0 Å². The molecule has 0 amide bonds. The third-order valence-electron chi connectivity index (χ3n) is 1.74. The molecule has 5 heteroatoms. The molecular weight excluding hydrogens is 258 g/mol. The fraction of sp³-hybridized carbons (Fsp3) is 0.333. The van der Waals surface area contributed by atoms with Crippen molar-refractivity contribution in [3.8, 4) is 11.5 Å². The Bertz CT molecular complexity index is 329. The summed E-state index contributed by atoms with van der Waals surface area (Å²) in [4.78, 5) is 0. The summed E-state index contributed by atoms with van der Waals surface area (Å²) < 4.78 is 35.3. The lowest BCUT2D eigenvalue weighted by Crippen LogP contribution is -1.95. The number of methoxy groups -OCH3 is 2. The molecule has 0 radical (unpaired) electrons. The standard InChI is InChI=1S/C9H9BrF2O2/c1-13-7-4-6(10)8(14-2)3-5(7)9(11)12/h3-4,9H,1-2H3. The van der Waals surface area contributed by atoms with E-state index in [4.69, 9.17) is 9.47 Å². The maximum Gasteiger partial charge on any atom is 0.267 e. The highest BCUT2D eigenvalue weighted by Crippen LogP contribution is 2.37. The van der Waals surface area contributed by atoms with Crippen LogP contribution in [0.15, 0.2) is 16.6 Å². The van der Waals surface area contributed by atoms with E-state index in [1.807, 2.05) is 0 Å². The number of hydrogen-bond donors (Lipinski definition) is 0. The summed E-state index contributed by atoms with van der Waals surface area (Å²) in [7, 11) is 2.77. The number of halogens is 3. The molecule has 0 atom stereocenters. The Morgan fingerprint density at radius 1 is 1.14 bits per heavy atom. The lowest BCUT2D eigenvalue weighted by atomic mass is 10.2. The van der Waals surface area contributed by atoms with Crippen LogP contribution in [0.1, 0.15) is 12.0 Å². The van der Waals surface area contributed by atoms with Gasteiger partial charge in [0.05, 0.1) is 24.3 Å². The first-order valence-corrected chi connectivity index (χ1v) is 4.59. The van der Waals surface area contributed by atoms with Crippen LogP contribution in [-0.4, -0.2) is 14.2 Å². The van der Waals surface area contributed by atoms with Crippen LogP contribution in [0, 0.1) is 0 Å². The van der Waals surface area contributed by atoms with Crippen LogP contribution >= 0.6 is 15.9 Å². The van der Waals surface area contributed by atoms with Crippen LogP contribution in [-0.2, 0) is 0 Å². The lowest BCUT2D eigenvalue weighted by Gasteiger charge is -2.11. The molecule has 14 heavy (non-hydrogen) atoms. The molecule has 0 unspecified atom stereocenters. The summed E-state index contributed by atoms with van der Waals surface area (Å²) in [6.45, 7) is 0. The van der Waals surface area contributed by atoms with Crippen molar-refractivity contribution in [2.45, 2.75) is 6.43 Å². The molecule has 2 nitrogen and oxygen atoms in total. The van der Waals surface area contributed by atoms with Gasteiger partial charge in [0, 0.05) is 0 Å². The zero-order valence-electron chi connectivity index (χ0n) is 7.68. The Labute approximate surface area is 89.0 Å². The fourth-order valence-corrected chi connectivity index (χ4v) is 1.54. The van der Waals surface area contributed by atoms with Gasteiger partial charge in [-0.1, -0.05) is 0 Å². The van der Waals surface area contributed by atoms with Gasteiger partial charge in [-0.25, -0.2) is 8.78 Å². The molecule has 78 valence electrons. The Hall–Kier alpha value is -0.840. The van der Waals surface area contributed by atoms with E-state index in [0.29, 0.717) is 10.2 Å². The molecule has 0 aliphatic heterocycles. The maximum atomic E-state index is 12.5. The average Bonchev–Trinajstić information content (AvgIpc) is 2.16. The number of benzene rings is 1. The van der Waals surface area contributed by atoms with Gasteiger partial charge in [0.25, 0.3) is 6.43 Å². The molecule has 1 aromatic rings. The Balaban J connectivity index is 3.25. The predicted octanol–water partition coefficient (Wildman–Crippen LogP) is 3.40. The van der Waals surface area contributed by atoms with Gasteiger partial charge in [-0.15, -0.1) is 0 Å². The van der Waals surface area contributed by atoms with E-state index in [-0.39, 0.29) is 11.3 Å². The highest BCUT2D eigenvalue weighted by atomic mass is 79.9. The molecule has 0 saturated carbocycles. The van der Waals surface area contributed by atoms with Gasteiger partial charge in [0.15, 0.2) is 0 Å². The minimum Gasteiger partial charge on any atom is -0.496 e. The van der Waals surface area contributed by atoms with Gasteiger partial charge in [-0.05, 0) is 28.1 Å². The molecule has 0 aromatic heterocycles. The van der Waals surface area contributed by atoms with Crippen molar-refractivity contribution >= 4 is 15.9 Å². The fourth-order valence-electron chi connectivity index (χ4n) is 1.05. The van der Waals surface area contributed by atoms with Crippen molar-refractivity contribution in [1.82, 2.24) is 0 Å². The molecule has 0 saturated heterocycles. The van der Waals surface area contributed by atoms with Crippen molar-refractivity contribution in [2.24, 2.45) is 0 Å². The second kappa shape index (κ2) is 4.59. The molecule has 0 aliphatic rings. The number of alkyl halides is 2. The Morgan fingerprint density at radius 2 is 1.71 bits per heavy atom. The van der Waals surface area contributed by atoms with E-state index in [2.05, 4.69) is 15.9 Å². The molecule has 0 heterocycles. The van der Waals surface area contributed by atoms with E-state index in [9.17, 15) is 8.78 Å². The monoisotopic (exact) mass is 266 g/mol. The first-order chi connectivity index (χ1) is 6.60. The summed E-state index contributed by atoms with van der Waals surface area (Å²) in [5, 5.41) is 0. The molecular formula is C9H9BrF2O2. The lowest BCUT2D eigenvalue weighted by molar-refractivity contribution is 0.146. The third kappa shape index (κ3) is 2.15. The van der Waals surface area contributed by atoms with Crippen LogP contribution in [0.5, 0.6) is 11.5 Å².